The van der Waals surface area contributed by atoms with Gasteiger partial charge in [0, 0.05) is 27.1 Å². The molecular formula is C40H20F12N6. The number of alkyl halides is 12. The molecule has 0 radical (unpaired) electrons. The summed E-state index contributed by atoms with van der Waals surface area (Å²) in [6.45, 7) is 11.1. The van der Waals surface area contributed by atoms with Crippen molar-refractivity contribution in [3.8, 4) is 22.8 Å². The van der Waals surface area contributed by atoms with Gasteiger partial charge in [0.1, 0.15) is 11.6 Å². The lowest BCUT2D eigenvalue weighted by molar-refractivity contribution is -0.138. The van der Waals surface area contributed by atoms with Crippen molar-refractivity contribution in [3.63, 3.8) is 0 Å². The number of fused-ring (bicyclic) bond motifs is 6. The van der Waals surface area contributed by atoms with Crippen LogP contribution in [0.15, 0.2) is 84.9 Å². The van der Waals surface area contributed by atoms with Crippen molar-refractivity contribution in [2.24, 2.45) is 0 Å². The summed E-state index contributed by atoms with van der Waals surface area (Å²) in [4.78, 5) is 16.3. The van der Waals surface area contributed by atoms with Crippen molar-refractivity contribution < 1.29 is 52.7 Å². The SMILES string of the molecule is [C-]#[N+]c1cc(-n2c3cc(C(F)(F)F)ccc3c3ccc(C(F)(F)F)cc32)c(-n2c3cc(C(F)(F)F)ccc3c3ccc(C(F)(F)F)cc32)cc1-c1nc(C)nc(C)n1. The average Bonchev–Trinajstić information content (AvgIpc) is 3.63. The molecule has 3 aromatic heterocycles. The van der Waals surface area contributed by atoms with Crippen LogP contribution in [-0.2, 0) is 24.7 Å². The summed E-state index contributed by atoms with van der Waals surface area (Å²) in [5, 5.41) is 0.0686. The summed E-state index contributed by atoms with van der Waals surface area (Å²) in [5.41, 5.74) is -7.37. The largest absolute Gasteiger partial charge is 0.416 e. The van der Waals surface area contributed by atoms with E-state index in [9.17, 15) is 52.7 Å². The molecule has 8 aromatic rings. The molecule has 0 fully saturated rings. The van der Waals surface area contributed by atoms with Gasteiger partial charge in [-0.2, -0.15) is 52.7 Å². The van der Waals surface area contributed by atoms with E-state index in [1.54, 1.807) is 0 Å². The Kier molecular flexibility index (Phi) is 8.36. The summed E-state index contributed by atoms with van der Waals surface area (Å²) < 4.78 is 173. The number of halogens is 12. The van der Waals surface area contributed by atoms with E-state index in [-0.39, 0.29) is 83.7 Å². The molecule has 294 valence electrons. The fourth-order valence-electron chi connectivity index (χ4n) is 7.19. The highest BCUT2D eigenvalue weighted by atomic mass is 19.4. The van der Waals surface area contributed by atoms with Gasteiger partial charge in [0.05, 0.1) is 62.3 Å². The minimum Gasteiger partial charge on any atom is -0.308 e. The van der Waals surface area contributed by atoms with Crippen LogP contribution in [0.3, 0.4) is 0 Å². The minimum absolute atomic E-state index is 0.0146. The zero-order chi connectivity index (χ0) is 41.9. The van der Waals surface area contributed by atoms with Gasteiger partial charge in [-0.15, -0.1) is 0 Å². The molecule has 0 aliphatic rings. The first-order valence-electron chi connectivity index (χ1n) is 16.8. The maximum Gasteiger partial charge on any atom is 0.416 e. The van der Waals surface area contributed by atoms with Crippen LogP contribution in [0, 0.1) is 20.4 Å². The molecule has 3 heterocycles. The molecule has 0 bridgehead atoms. The van der Waals surface area contributed by atoms with E-state index in [2.05, 4.69) is 19.8 Å². The average molecular weight is 813 g/mol. The summed E-state index contributed by atoms with van der Waals surface area (Å²) in [6.07, 6.45) is -19.9. The lowest BCUT2D eigenvalue weighted by atomic mass is 10.1. The Hall–Kier alpha value is -6.64. The lowest BCUT2D eigenvalue weighted by Crippen LogP contribution is -2.09. The standard InChI is InChI=1S/C40H20F12N6/c1-18-54-19(2)56-36(55-18)28-16-34(57-30-12-20(37(41,42)43)4-8-24(30)25-9-5-21(13-31(25)57)38(44,45)46)35(17-29(28)53-3)58-32-14-22(39(47,48)49)6-10-26(32)27-11-7-23(15-33(27)58)40(50,51)52/h4-17H,1-2H3. The number of aryl methyl sites for hydroxylation is 2. The quantitative estimate of drug-likeness (QED) is 0.132. The van der Waals surface area contributed by atoms with Crippen molar-refractivity contribution >= 4 is 49.3 Å². The van der Waals surface area contributed by atoms with Gasteiger partial charge < -0.3 is 9.13 Å². The number of hydrogen-bond acceptors (Lipinski definition) is 3. The van der Waals surface area contributed by atoms with E-state index >= 15 is 0 Å². The summed E-state index contributed by atoms with van der Waals surface area (Å²) in [5.74, 6) is 0.164. The van der Waals surface area contributed by atoms with Crippen LogP contribution in [0.5, 0.6) is 0 Å². The molecule has 0 spiro atoms. The highest BCUT2D eigenvalue weighted by Crippen LogP contribution is 2.46. The summed E-state index contributed by atoms with van der Waals surface area (Å²) in [6, 6.07) is 11.9. The van der Waals surface area contributed by atoms with Crippen molar-refractivity contribution in [2.75, 3.05) is 0 Å². The molecule has 0 amide bonds. The zero-order valence-corrected chi connectivity index (χ0v) is 29.3. The first-order chi connectivity index (χ1) is 27.0. The predicted molar refractivity (Wildman–Crippen MR) is 190 cm³/mol. The van der Waals surface area contributed by atoms with Gasteiger partial charge in [-0.3, -0.25) is 0 Å². The molecule has 6 nitrogen and oxygen atoms in total. The lowest BCUT2D eigenvalue weighted by Gasteiger charge is -2.20. The fourth-order valence-corrected chi connectivity index (χ4v) is 7.19. The molecule has 5 aromatic carbocycles. The Morgan fingerprint density at radius 3 is 1.05 bits per heavy atom. The van der Waals surface area contributed by atoms with Crippen molar-refractivity contribution in [3.05, 3.63) is 130 Å². The van der Waals surface area contributed by atoms with E-state index in [1.807, 2.05) is 0 Å². The number of hydrogen-bond donors (Lipinski definition) is 0. The van der Waals surface area contributed by atoms with E-state index in [1.165, 1.54) is 13.8 Å². The Morgan fingerprint density at radius 1 is 0.448 bits per heavy atom. The molecule has 0 saturated heterocycles. The molecule has 58 heavy (non-hydrogen) atoms. The van der Waals surface area contributed by atoms with Crippen LogP contribution < -0.4 is 0 Å². The topological polar surface area (TPSA) is 52.9 Å². The van der Waals surface area contributed by atoms with Crippen LogP contribution in [-0.4, -0.2) is 24.1 Å². The molecular weight excluding hydrogens is 792 g/mol. The highest BCUT2D eigenvalue weighted by Gasteiger charge is 2.36. The summed E-state index contributed by atoms with van der Waals surface area (Å²) in [7, 11) is 0. The third-order valence-corrected chi connectivity index (χ3v) is 9.64. The Labute approximate surface area is 317 Å². The fraction of sp³-hybridized carbons (Fsp3) is 0.150. The van der Waals surface area contributed by atoms with E-state index in [4.69, 9.17) is 6.57 Å². The second-order valence-corrected chi connectivity index (χ2v) is 13.3. The molecule has 0 unspecified atom stereocenters. The van der Waals surface area contributed by atoms with Gasteiger partial charge in [0.2, 0.25) is 0 Å². The smallest absolute Gasteiger partial charge is 0.308 e. The highest BCUT2D eigenvalue weighted by molar-refractivity contribution is 6.12. The minimum atomic E-state index is -4.97. The van der Waals surface area contributed by atoms with Crippen LogP contribution in [0.25, 0.3) is 71.2 Å². The van der Waals surface area contributed by atoms with E-state index < -0.39 is 47.0 Å². The number of nitrogens with zero attached hydrogens (tertiary/aromatic N) is 6. The van der Waals surface area contributed by atoms with Gasteiger partial charge in [0.15, 0.2) is 11.5 Å². The van der Waals surface area contributed by atoms with E-state index in [0.29, 0.717) is 36.4 Å². The Bertz CT molecular complexity index is 2890. The second-order valence-electron chi connectivity index (χ2n) is 13.3. The van der Waals surface area contributed by atoms with Crippen molar-refractivity contribution in [1.82, 2.24) is 24.1 Å². The number of benzene rings is 5. The van der Waals surface area contributed by atoms with Crippen LogP contribution in [0.2, 0.25) is 0 Å². The van der Waals surface area contributed by atoms with Crippen molar-refractivity contribution in [1.29, 1.82) is 0 Å². The summed E-state index contributed by atoms with van der Waals surface area (Å²) >= 11 is 0. The van der Waals surface area contributed by atoms with Crippen LogP contribution in [0.1, 0.15) is 33.9 Å². The maximum atomic E-state index is 14.3. The number of rotatable bonds is 3. The van der Waals surface area contributed by atoms with Crippen LogP contribution >= 0.6 is 0 Å². The Morgan fingerprint density at radius 2 is 0.759 bits per heavy atom. The van der Waals surface area contributed by atoms with Crippen molar-refractivity contribution in [2.45, 2.75) is 38.6 Å². The third-order valence-electron chi connectivity index (χ3n) is 9.64. The molecule has 8 rings (SSSR count). The third kappa shape index (κ3) is 6.30. The Balaban J connectivity index is 1.64. The van der Waals surface area contributed by atoms with Gasteiger partial charge in [-0.05, 0) is 74.5 Å². The molecule has 0 aliphatic heterocycles. The van der Waals surface area contributed by atoms with Gasteiger partial charge in [0.25, 0.3) is 0 Å². The molecule has 0 saturated carbocycles. The molecule has 18 heteroatoms. The normalized spacial score (nSPS) is 13.0. The van der Waals surface area contributed by atoms with Gasteiger partial charge in [-0.1, -0.05) is 24.3 Å². The predicted octanol–water partition coefficient (Wildman–Crippen LogP) is 13.0. The van der Waals surface area contributed by atoms with Gasteiger partial charge in [-0.25, -0.2) is 19.8 Å². The zero-order valence-electron chi connectivity index (χ0n) is 29.3. The monoisotopic (exact) mass is 812 g/mol. The van der Waals surface area contributed by atoms with Gasteiger partial charge >= 0.3 is 24.7 Å². The second kappa shape index (κ2) is 12.7. The molecule has 0 atom stereocenters. The van der Waals surface area contributed by atoms with E-state index in [0.717, 1.165) is 57.7 Å². The first-order valence-corrected chi connectivity index (χ1v) is 16.8. The molecule has 0 aliphatic carbocycles. The first kappa shape index (κ1) is 38.2. The maximum absolute atomic E-state index is 14.3. The van der Waals surface area contributed by atoms with Crippen LogP contribution in [0.4, 0.5) is 58.4 Å². The molecule has 0 N–H and O–H groups in total. The number of aromatic nitrogens is 5.